The predicted molar refractivity (Wildman–Crippen MR) is 83.0 cm³/mol. The number of nitrogens with one attached hydrogen (secondary N) is 1. The van der Waals surface area contributed by atoms with Crippen molar-refractivity contribution in [2.24, 2.45) is 5.73 Å². The van der Waals surface area contributed by atoms with E-state index >= 15 is 0 Å². The van der Waals surface area contributed by atoms with Gasteiger partial charge in [0.2, 0.25) is 10.0 Å². The van der Waals surface area contributed by atoms with Crippen LogP contribution in [0.15, 0.2) is 26.2 Å². The van der Waals surface area contributed by atoms with Crippen molar-refractivity contribution < 1.29 is 8.42 Å². The second-order valence-electron chi connectivity index (χ2n) is 3.91. The second kappa shape index (κ2) is 6.02. The van der Waals surface area contributed by atoms with Gasteiger partial charge in [0, 0.05) is 22.8 Å². The molecule has 0 fully saturated rings. The number of hydrogen-bond donors (Lipinski definition) is 2. The first-order chi connectivity index (χ1) is 8.94. The van der Waals surface area contributed by atoms with Crippen LogP contribution in [0, 0.1) is 6.92 Å². The fourth-order valence-electron chi connectivity index (χ4n) is 1.51. The minimum Gasteiger partial charge on any atom is -0.326 e. The average molecular weight is 381 g/mol. The molecule has 0 aliphatic carbocycles. The van der Waals surface area contributed by atoms with Crippen molar-refractivity contribution in [1.82, 2.24) is 4.72 Å². The summed E-state index contributed by atoms with van der Waals surface area (Å²) in [4.78, 5) is 2.11. The summed E-state index contributed by atoms with van der Waals surface area (Å²) in [6.45, 7) is 2.61. The maximum absolute atomic E-state index is 12.2. The molecule has 0 unspecified atom stereocenters. The molecule has 19 heavy (non-hydrogen) atoms. The van der Waals surface area contributed by atoms with Gasteiger partial charge in [-0.1, -0.05) is 0 Å². The Kier molecular flexibility index (Phi) is 4.80. The molecule has 2 aromatic rings. The zero-order valence-corrected chi connectivity index (χ0v) is 14.2. The lowest BCUT2D eigenvalue weighted by atomic mass is 10.3. The van der Waals surface area contributed by atoms with Gasteiger partial charge in [0.15, 0.2) is 0 Å². The Labute approximate surface area is 128 Å². The highest BCUT2D eigenvalue weighted by atomic mass is 79.9. The maximum Gasteiger partial charge on any atom is 0.242 e. The van der Waals surface area contributed by atoms with Crippen LogP contribution in [0.2, 0.25) is 0 Å². The van der Waals surface area contributed by atoms with Gasteiger partial charge in [0.25, 0.3) is 0 Å². The molecule has 0 spiro atoms. The number of sulfonamides is 1. The first kappa shape index (κ1) is 15.1. The third kappa shape index (κ3) is 3.45. The van der Waals surface area contributed by atoms with E-state index in [-0.39, 0.29) is 4.90 Å². The summed E-state index contributed by atoms with van der Waals surface area (Å²) >= 11 is 6.16. The van der Waals surface area contributed by atoms with Crippen molar-refractivity contribution in [3.63, 3.8) is 0 Å². The summed E-state index contributed by atoms with van der Waals surface area (Å²) < 4.78 is 27.6. The first-order valence-corrected chi connectivity index (χ1v) is 9.42. The molecule has 0 aromatic carbocycles. The Bertz CT molecular complexity index is 676. The van der Waals surface area contributed by atoms with Crippen molar-refractivity contribution >= 4 is 48.6 Å². The topological polar surface area (TPSA) is 72.2 Å². The molecule has 8 heteroatoms. The monoisotopic (exact) mass is 380 g/mol. The van der Waals surface area contributed by atoms with E-state index in [1.165, 1.54) is 11.3 Å². The van der Waals surface area contributed by atoms with Crippen LogP contribution in [0.4, 0.5) is 0 Å². The Morgan fingerprint density at radius 3 is 2.74 bits per heavy atom. The molecule has 0 aliphatic rings. The van der Waals surface area contributed by atoms with E-state index in [9.17, 15) is 8.42 Å². The zero-order valence-electron chi connectivity index (χ0n) is 10.1. The van der Waals surface area contributed by atoms with E-state index < -0.39 is 10.0 Å². The molecule has 3 N–H and O–H groups in total. The first-order valence-electron chi connectivity index (χ1n) is 5.45. The number of aryl methyl sites for hydroxylation is 1. The summed E-state index contributed by atoms with van der Waals surface area (Å²) in [6, 6.07) is 3.58. The number of hydrogen-bond acceptors (Lipinski definition) is 5. The van der Waals surface area contributed by atoms with Crippen LogP contribution in [-0.4, -0.2) is 8.42 Å². The summed E-state index contributed by atoms with van der Waals surface area (Å²) in [5.74, 6) is 0. The second-order valence-corrected chi connectivity index (χ2v) is 9.10. The van der Waals surface area contributed by atoms with Crippen LogP contribution in [0.3, 0.4) is 0 Å². The Morgan fingerprint density at radius 1 is 1.47 bits per heavy atom. The summed E-state index contributed by atoms with van der Waals surface area (Å²) in [5, 5.41) is 1.95. The van der Waals surface area contributed by atoms with Gasteiger partial charge >= 0.3 is 0 Å². The van der Waals surface area contributed by atoms with Crippen molar-refractivity contribution in [3.05, 3.63) is 36.6 Å². The van der Waals surface area contributed by atoms with Crippen LogP contribution in [0.25, 0.3) is 0 Å². The molecule has 0 atom stereocenters. The molecule has 0 radical (unpaired) electrons. The molecular weight excluding hydrogens is 368 g/mol. The lowest BCUT2D eigenvalue weighted by molar-refractivity contribution is 0.581. The quantitative estimate of drug-likeness (QED) is 0.837. The smallest absolute Gasteiger partial charge is 0.242 e. The van der Waals surface area contributed by atoms with Gasteiger partial charge in [-0.05, 0) is 45.9 Å². The summed E-state index contributed by atoms with van der Waals surface area (Å²) in [7, 11) is -3.51. The molecular formula is C11H13BrN2O2S3. The van der Waals surface area contributed by atoms with Crippen molar-refractivity contribution in [2.45, 2.75) is 24.9 Å². The molecule has 0 bridgehead atoms. The van der Waals surface area contributed by atoms with E-state index in [0.29, 0.717) is 16.9 Å². The predicted octanol–water partition coefficient (Wildman–Crippen LogP) is 2.82. The van der Waals surface area contributed by atoms with Gasteiger partial charge in [0.05, 0.1) is 3.79 Å². The molecule has 2 aromatic heterocycles. The number of halogens is 1. The third-order valence-electron chi connectivity index (χ3n) is 2.59. The SMILES string of the molecule is Cc1ccsc1CNS(=O)(=O)c1cc(CN)sc1Br. The molecule has 2 heterocycles. The maximum atomic E-state index is 12.2. The molecule has 0 saturated heterocycles. The van der Waals surface area contributed by atoms with E-state index in [0.717, 1.165) is 15.3 Å². The zero-order chi connectivity index (χ0) is 14.0. The van der Waals surface area contributed by atoms with Crippen LogP contribution >= 0.6 is 38.6 Å². The number of rotatable bonds is 5. The lowest BCUT2D eigenvalue weighted by Gasteiger charge is -2.05. The average Bonchev–Trinajstić information content (AvgIpc) is 2.93. The van der Waals surface area contributed by atoms with Gasteiger partial charge in [-0.25, -0.2) is 13.1 Å². The van der Waals surface area contributed by atoms with Crippen LogP contribution < -0.4 is 10.5 Å². The van der Waals surface area contributed by atoms with Crippen LogP contribution in [0.1, 0.15) is 15.3 Å². The fourth-order valence-corrected chi connectivity index (χ4v) is 6.00. The van der Waals surface area contributed by atoms with E-state index in [1.807, 2.05) is 18.4 Å². The Hall–Kier alpha value is -0.250. The number of nitrogens with two attached hydrogens (primary N) is 1. The highest BCUT2D eigenvalue weighted by Gasteiger charge is 2.20. The molecule has 0 amide bonds. The van der Waals surface area contributed by atoms with Crippen molar-refractivity contribution in [3.8, 4) is 0 Å². The highest BCUT2D eigenvalue weighted by molar-refractivity contribution is 9.11. The van der Waals surface area contributed by atoms with E-state index in [4.69, 9.17) is 5.73 Å². The van der Waals surface area contributed by atoms with E-state index in [2.05, 4.69) is 20.7 Å². The van der Waals surface area contributed by atoms with Gasteiger partial charge in [-0.3, -0.25) is 0 Å². The molecule has 0 saturated carbocycles. The Morgan fingerprint density at radius 2 is 2.21 bits per heavy atom. The van der Waals surface area contributed by atoms with E-state index in [1.54, 1.807) is 17.4 Å². The van der Waals surface area contributed by atoms with Crippen LogP contribution in [0.5, 0.6) is 0 Å². The van der Waals surface area contributed by atoms with Gasteiger partial charge in [-0.2, -0.15) is 0 Å². The fraction of sp³-hybridized carbons (Fsp3) is 0.273. The minimum absolute atomic E-state index is 0.257. The third-order valence-corrected chi connectivity index (χ3v) is 7.29. The van der Waals surface area contributed by atoms with Crippen molar-refractivity contribution in [1.29, 1.82) is 0 Å². The molecule has 4 nitrogen and oxygen atoms in total. The highest BCUT2D eigenvalue weighted by Crippen LogP contribution is 2.31. The largest absolute Gasteiger partial charge is 0.326 e. The summed E-state index contributed by atoms with van der Waals surface area (Å²) in [5.41, 5.74) is 6.62. The number of thiophene rings is 2. The Balaban J connectivity index is 2.18. The standard InChI is InChI=1S/C11H13BrN2O2S3/c1-7-2-3-17-9(7)6-14-19(15,16)10-4-8(5-13)18-11(10)12/h2-4,14H,5-6,13H2,1H3. The van der Waals surface area contributed by atoms with Gasteiger partial charge in [0.1, 0.15) is 4.90 Å². The van der Waals surface area contributed by atoms with Gasteiger partial charge < -0.3 is 5.73 Å². The minimum atomic E-state index is -3.51. The lowest BCUT2D eigenvalue weighted by Crippen LogP contribution is -2.23. The van der Waals surface area contributed by atoms with Crippen LogP contribution in [-0.2, 0) is 23.1 Å². The normalized spacial score (nSPS) is 11.9. The molecule has 104 valence electrons. The molecule has 0 aliphatic heterocycles. The van der Waals surface area contributed by atoms with Crippen molar-refractivity contribution in [2.75, 3.05) is 0 Å². The summed E-state index contributed by atoms with van der Waals surface area (Å²) in [6.07, 6.45) is 0. The van der Waals surface area contributed by atoms with Gasteiger partial charge in [-0.15, -0.1) is 22.7 Å². The molecule has 2 rings (SSSR count).